The molecule has 1 fully saturated rings. The maximum absolute atomic E-state index is 11.4. The molecule has 0 saturated carbocycles. The third-order valence-electron chi connectivity index (χ3n) is 5.14. The molecule has 0 radical (unpaired) electrons. The second kappa shape index (κ2) is 11.5. The zero-order valence-corrected chi connectivity index (χ0v) is 19.9. The molecule has 10 nitrogen and oxygen atoms in total. The van der Waals surface area contributed by atoms with Gasteiger partial charge >= 0.3 is 5.97 Å². The molecule has 1 atom stereocenters. The Morgan fingerprint density at radius 1 is 1.22 bits per heavy atom. The molecule has 0 aromatic carbocycles. The zero-order valence-electron chi connectivity index (χ0n) is 19.1. The Hall–Kier alpha value is -2.34. The van der Waals surface area contributed by atoms with E-state index in [1.807, 2.05) is 33.8 Å². The summed E-state index contributed by atoms with van der Waals surface area (Å²) >= 11 is 1.12. The molecule has 0 spiro atoms. The summed E-state index contributed by atoms with van der Waals surface area (Å²) in [6.45, 7) is 13.4. The van der Waals surface area contributed by atoms with Crippen LogP contribution in [0.25, 0.3) is 0 Å². The van der Waals surface area contributed by atoms with E-state index in [2.05, 4.69) is 30.1 Å². The average Bonchev–Trinajstić information content (AvgIpc) is 3.17. The summed E-state index contributed by atoms with van der Waals surface area (Å²) in [5.74, 6) is 1.16. The second-order valence-electron chi connectivity index (χ2n) is 7.46. The fraction of sp³-hybridized carbons (Fsp3) is 0.619. The quantitative estimate of drug-likeness (QED) is 0.481. The third-order valence-corrected chi connectivity index (χ3v) is 6.14. The fourth-order valence-electron chi connectivity index (χ4n) is 3.53. The second-order valence-corrected chi connectivity index (χ2v) is 8.46. The summed E-state index contributed by atoms with van der Waals surface area (Å²) in [6.07, 6.45) is 0.391. The highest BCUT2D eigenvalue weighted by molar-refractivity contribution is 7.17. The molecule has 0 amide bonds. The lowest BCUT2D eigenvalue weighted by Gasteiger charge is -2.35. The number of aryl methyl sites for hydroxylation is 2. The van der Waals surface area contributed by atoms with Gasteiger partial charge in [0.1, 0.15) is 22.3 Å². The molecule has 3 rings (SSSR count). The number of piperazine rings is 1. The Balaban J connectivity index is 1.58. The molecule has 176 valence electrons. The summed E-state index contributed by atoms with van der Waals surface area (Å²) < 4.78 is 11.1. The van der Waals surface area contributed by atoms with Crippen LogP contribution in [0, 0.1) is 6.92 Å². The lowest BCUT2D eigenvalue weighted by atomic mass is 10.3. The van der Waals surface area contributed by atoms with Crippen LogP contribution in [0.15, 0.2) is 6.07 Å². The van der Waals surface area contributed by atoms with Crippen molar-refractivity contribution < 1.29 is 19.4 Å². The van der Waals surface area contributed by atoms with Gasteiger partial charge in [-0.1, -0.05) is 18.3 Å². The summed E-state index contributed by atoms with van der Waals surface area (Å²) in [6, 6.07) is 1.89. The van der Waals surface area contributed by atoms with Gasteiger partial charge in [0.25, 0.3) is 0 Å². The number of ether oxygens (including phenoxy) is 2. The van der Waals surface area contributed by atoms with Crippen LogP contribution < -0.4 is 10.2 Å². The summed E-state index contributed by atoms with van der Waals surface area (Å²) in [7, 11) is 0. The first-order valence-corrected chi connectivity index (χ1v) is 11.8. The van der Waals surface area contributed by atoms with Crippen molar-refractivity contribution >= 4 is 34.1 Å². The topological polar surface area (TPSA) is 113 Å². The van der Waals surface area contributed by atoms with Crippen molar-refractivity contribution in [2.75, 3.05) is 56.2 Å². The van der Waals surface area contributed by atoms with Gasteiger partial charge in [0.15, 0.2) is 11.4 Å². The number of carbonyl (C=O) groups is 1. The van der Waals surface area contributed by atoms with Crippen molar-refractivity contribution in [3.05, 3.63) is 22.5 Å². The molecule has 1 unspecified atom stereocenters. The van der Waals surface area contributed by atoms with E-state index in [0.29, 0.717) is 42.1 Å². The van der Waals surface area contributed by atoms with E-state index in [1.54, 1.807) is 0 Å². The van der Waals surface area contributed by atoms with Crippen molar-refractivity contribution in [3.8, 4) is 0 Å². The molecule has 32 heavy (non-hydrogen) atoms. The number of aromatic nitrogens is 3. The number of carboxylic acid groups (broad SMARTS) is 1. The number of aromatic carboxylic acids is 1. The van der Waals surface area contributed by atoms with Crippen LogP contribution in [0.3, 0.4) is 0 Å². The summed E-state index contributed by atoms with van der Waals surface area (Å²) in [5.41, 5.74) is 0.576. The minimum absolute atomic E-state index is 0.172. The lowest BCUT2D eigenvalue weighted by molar-refractivity contribution is -0.129. The largest absolute Gasteiger partial charge is 0.477 e. The number of thiazole rings is 1. The van der Waals surface area contributed by atoms with Crippen LogP contribution in [0.1, 0.15) is 42.0 Å². The maximum atomic E-state index is 11.4. The third kappa shape index (κ3) is 6.58. The van der Waals surface area contributed by atoms with Gasteiger partial charge in [-0.2, -0.15) is 0 Å². The van der Waals surface area contributed by atoms with Gasteiger partial charge < -0.3 is 24.8 Å². The van der Waals surface area contributed by atoms with Crippen molar-refractivity contribution in [1.82, 2.24) is 19.9 Å². The Morgan fingerprint density at radius 2 is 1.97 bits per heavy atom. The van der Waals surface area contributed by atoms with Crippen molar-refractivity contribution in [1.29, 1.82) is 0 Å². The smallest absolute Gasteiger partial charge is 0.347 e. The van der Waals surface area contributed by atoms with Gasteiger partial charge in [-0.3, -0.25) is 4.90 Å². The van der Waals surface area contributed by atoms with Gasteiger partial charge in [0.05, 0.1) is 12.3 Å². The van der Waals surface area contributed by atoms with Crippen LogP contribution >= 0.6 is 11.3 Å². The SMILES string of the molecule is CCOC(C)OCCN1CCN(c2cc(Nc3nc(CC)c(C(=O)O)s3)nc(C)n2)CC1. The maximum Gasteiger partial charge on any atom is 0.347 e. The van der Waals surface area contributed by atoms with Crippen LogP contribution in [0.5, 0.6) is 0 Å². The molecular weight excluding hydrogens is 432 g/mol. The average molecular weight is 465 g/mol. The number of nitrogens with zero attached hydrogens (tertiary/aromatic N) is 5. The van der Waals surface area contributed by atoms with Crippen molar-refractivity contribution in [2.45, 2.75) is 40.4 Å². The van der Waals surface area contributed by atoms with Gasteiger partial charge in [-0.15, -0.1) is 0 Å². The minimum Gasteiger partial charge on any atom is -0.477 e. The highest BCUT2D eigenvalue weighted by atomic mass is 32.1. The molecule has 1 aliphatic rings. The Kier molecular flexibility index (Phi) is 8.74. The van der Waals surface area contributed by atoms with Crippen molar-refractivity contribution in [2.24, 2.45) is 0 Å². The van der Waals surface area contributed by atoms with E-state index in [0.717, 1.165) is 49.9 Å². The van der Waals surface area contributed by atoms with Crippen LogP contribution in [0.2, 0.25) is 0 Å². The Bertz CT molecular complexity index is 900. The van der Waals surface area contributed by atoms with Crippen LogP contribution in [0.4, 0.5) is 16.8 Å². The summed E-state index contributed by atoms with van der Waals surface area (Å²) in [5, 5.41) is 13.0. The normalized spacial score (nSPS) is 15.7. The molecule has 2 aromatic rings. The van der Waals surface area contributed by atoms with E-state index >= 15 is 0 Å². The van der Waals surface area contributed by atoms with Crippen LogP contribution in [-0.2, 0) is 15.9 Å². The van der Waals surface area contributed by atoms with Crippen molar-refractivity contribution in [3.63, 3.8) is 0 Å². The molecule has 2 N–H and O–H groups in total. The number of carboxylic acids is 1. The Morgan fingerprint density at radius 3 is 2.59 bits per heavy atom. The van der Waals surface area contributed by atoms with E-state index in [1.165, 1.54) is 0 Å². The van der Waals surface area contributed by atoms with Gasteiger partial charge in [0, 0.05) is 45.4 Å². The summed E-state index contributed by atoms with van der Waals surface area (Å²) in [4.78, 5) is 29.7. The first-order chi connectivity index (χ1) is 15.4. The fourth-order valence-corrected chi connectivity index (χ4v) is 4.43. The molecule has 11 heteroatoms. The zero-order chi connectivity index (χ0) is 23.1. The van der Waals surface area contributed by atoms with E-state index in [9.17, 15) is 9.90 Å². The molecule has 0 aliphatic carbocycles. The molecule has 2 aromatic heterocycles. The highest BCUT2D eigenvalue weighted by Gasteiger charge is 2.20. The van der Waals surface area contributed by atoms with Crippen LogP contribution in [-0.4, -0.2) is 83.2 Å². The highest BCUT2D eigenvalue weighted by Crippen LogP contribution is 2.27. The van der Waals surface area contributed by atoms with Gasteiger partial charge in [-0.25, -0.2) is 19.7 Å². The number of nitrogens with one attached hydrogen (secondary N) is 1. The first kappa shape index (κ1) is 24.3. The number of anilines is 3. The van der Waals surface area contributed by atoms with Gasteiger partial charge in [-0.05, 0) is 27.2 Å². The molecule has 1 aliphatic heterocycles. The van der Waals surface area contributed by atoms with Gasteiger partial charge in [0.2, 0.25) is 0 Å². The predicted octanol–water partition coefficient (Wildman–Crippen LogP) is 2.77. The van der Waals surface area contributed by atoms with E-state index in [4.69, 9.17) is 9.47 Å². The lowest BCUT2D eigenvalue weighted by Crippen LogP contribution is -2.47. The molecule has 1 saturated heterocycles. The number of hydrogen-bond acceptors (Lipinski definition) is 10. The Labute approximate surface area is 192 Å². The monoisotopic (exact) mass is 464 g/mol. The van der Waals surface area contributed by atoms with E-state index in [-0.39, 0.29) is 11.2 Å². The van der Waals surface area contributed by atoms with E-state index < -0.39 is 5.97 Å². The number of hydrogen-bond donors (Lipinski definition) is 2. The first-order valence-electron chi connectivity index (χ1n) is 11.0. The predicted molar refractivity (Wildman–Crippen MR) is 124 cm³/mol. The molecular formula is C21H32N6O4S. The number of rotatable bonds is 11. The molecule has 3 heterocycles. The molecule has 0 bridgehead atoms. The standard InChI is InChI=1S/C21H32N6O4S/c1-5-16-19(20(28)29)32-21(24-16)25-17-13-18(23-14(3)22-17)27-9-7-26(8-10-27)11-12-31-15(4)30-6-2/h13,15H,5-12H2,1-4H3,(H,28,29)(H,22,23,24,25). The minimum atomic E-state index is -0.956.